The molecule has 1 amide bonds. The summed E-state index contributed by atoms with van der Waals surface area (Å²) in [4.78, 5) is 14.3. The SMILES string of the molecule is C[C@@H](NCc1ccc(Br)s1)C(=O)N(C)C.Cl. The van der Waals surface area contributed by atoms with E-state index in [1.165, 1.54) is 4.88 Å². The molecular formula is C10H16BrClN2OS. The van der Waals surface area contributed by atoms with E-state index in [0.717, 1.165) is 10.3 Å². The van der Waals surface area contributed by atoms with Gasteiger partial charge in [0.25, 0.3) is 0 Å². The van der Waals surface area contributed by atoms with Crippen molar-refractivity contribution in [2.75, 3.05) is 14.1 Å². The molecule has 0 radical (unpaired) electrons. The van der Waals surface area contributed by atoms with Gasteiger partial charge >= 0.3 is 0 Å². The van der Waals surface area contributed by atoms with Crippen LogP contribution in [-0.2, 0) is 11.3 Å². The molecular weight excluding hydrogens is 312 g/mol. The van der Waals surface area contributed by atoms with Gasteiger partial charge in [-0.3, -0.25) is 4.79 Å². The molecule has 0 bridgehead atoms. The van der Waals surface area contributed by atoms with E-state index in [-0.39, 0.29) is 24.4 Å². The first kappa shape index (κ1) is 15.9. The lowest BCUT2D eigenvalue weighted by Crippen LogP contribution is -2.40. The highest BCUT2D eigenvalue weighted by Crippen LogP contribution is 2.21. The molecule has 0 aromatic carbocycles. The molecule has 1 N–H and O–H groups in total. The Morgan fingerprint density at radius 2 is 2.19 bits per heavy atom. The molecule has 1 atom stereocenters. The number of carbonyl (C=O) groups is 1. The third-order valence-electron chi connectivity index (χ3n) is 2.02. The second-order valence-electron chi connectivity index (χ2n) is 3.54. The summed E-state index contributed by atoms with van der Waals surface area (Å²) in [6, 6.07) is 3.93. The van der Waals surface area contributed by atoms with Crippen LogP contribution in [0.5, 0.6) is 0 Å². The van der Waals surface area contributed by atoms with Crippen LogP contribution in [0.1, 0.15) is 11.8 Å². The summed E-state index contributed by atoms with van der Waals surface area (Å²) < 4.78 is 1.12. The summed E-state index contributed by atoms with van der Waals surface area (Å²) in [6.45, 7) is 2.61. The van der Waals surface area contributed by atoms with Crippen LogP contribution in [0.4, 0.5) is 0 Å². The molecule has 1 heterocycles. The van der Waals surface area contributed by atoms with E-state index in [2.05, 4.69) is 27.3 Å². The number of halogens is 2. The quantitative estimate of drug-likeness (QED) is 0.921. The van der Waals surface area contributed by atoms with Crippen molar-refractivity contribution < 1.29 is 4.79 Å². The van der Waals surface area contributed by atoms with Gasteiger partial charge in [-0.15, -0.1) is 23.7 Å². The number of rotatable bonds is 4. The molecule has 1 aromatic heterocycles. The zero-order valence-corrected chi connectivity index (χ0v) is 12.7. The van der Waals surface area contributed by atoms with Gasteiger partial charge in [-0.1, -0.05) is 0 Å². The number of hydrogen-bond acceptors (Lipinski definition) is 3. The van der Waals surface area contributed by atoms with Crippen molar-refractivity contribution in [3.8, 4) is 0 Å². The standard InChI is InChI=1S/C10H15BrN2OS.ClH/c1-7(10(14)13(2)3)12-6-8-4-5-9(11)15-8;/h4-5,7,12H,6H2,1-3H3;1H/t7-;/m1./s1. The second kappa shape index (κ2) is 7.27. The predicted octanol–water partition coefficient (Wildman–Crippen LogP) is 2.50. The third kappa shape index (κ3) is 4.82. The van der Waals surface area contributed by atoms with Gasteiger partial charge in [0.15, 0.2) is 0 Å². The minimum absolute atomic E-state index is 0. The molecule has 0 unspecified atom stereocenters. The highest BCUT2D eigenvalue weighted by atomic mass is 79.9. The van der Waals surface area contributed by atoms with Gasteiger partial charge in [0.05, 0.1) is 9.83 Å². The number of likely N-dealkylation sites (N-methyl/N-ethyl adjacent to an activating group) is 1. The van der Waals surface area contributed by atoms with Crippen molar-refractivity contribution in [3.63, 3.8) is 0 Å². The van der Waals surface area contributed by atoms with Gasteiger partial charge in [-0.05, 0) is 35.0 Å². The molecule has 1 aromatic rings. The fourth-order valence-corrected chi connectivity index (χ4v) is 2.61. The summed E-state index contributed by atoms with van der Waals surface area (Å²) in [6.07, 6.45) is 0. The summed E-state index contributed by atoms with van der Waals surface area (Å²) in [5.41, 5.74) is 0. The number of amides is 1. The molecule has 0 fully saturated rings. The first-order chi connectivity index (χ1) is 7.00. The highest BCUT2D eigenvalue weighted by molar-refractivity contribution is 9.11. The summed E-state index contributed by atoms with van der Waals surface area (Å²) >= 11 is 5.09. The zero-order chi connectivity index (χ0) is 11.4. The van der Waals surface area contributed by atoms with Crippen molar-refractivity contribution in [1.82, 2.24) is 10.2 Å². The average molecular weight is 328 g/mol. The van der Waals surface area contributed by atoms with E-state index in [1.54, 1.807) is 30.3 Å². The number of thiophene rings is 1. The van der Waals surface area contributed by atoms with Crippen LogP contribution in [-0.4, -0.2) is 30.9 Å². The van der Waals surface area contributed by atoms with E-state index in [9.17, 15) is 4.79 Å². The Labute approximate surface area is 115 Å². The van der Waals surface area contributed by atoms with Crippen molar-refractivity contribution in [2.24, 2.45) is 0 Å². The fraction of sp³-hybridized carbons (Fsp3) is 0.500. The predicted molar refractivity (Wildman–Crippen MR) is 74.3 cm³/mol. The van der Waals surface area contributed by atoms with Crippen LogP contribution in [0.15, 0.2) is 15.9 Å². The van der Waals surface area contributed by atoms with Crippen molar-refractivity contribution >= 4 is 45.6 Å². The van der Waals surface area contributed by atoms with E-state index in [0.29, 0.717) is 0 Å². The highest BCUT2D eigenvalue weighted by Gasteiger charge is 2.13. The molecule has 0 aliphatic carbocycles. The zero-order valence-electron chi connectivity index (χ0n) is 9.49. The summed E-state index contributed by atoms with van der Waals surface area (Å²) in [7, 11) is 3.53. The van der Waals surface area contributed by atoms with Crippen molar-refractivity contribution in [2.45, 2.75) is 19.5 Å². The van der Waals surface area contributed by atoms with Gasteiger partial charge in [0.2, 0.25) is 5.91 Å². The van der Waals surface area contributed by atoms with Crippen LogP contribution in [0, 0.1) is 0 Å². The first-order valence-corrected chi connectivity index (χ1v) is 6.30. The summed E-state index contributed by atoms with van der Waals surface area (Å²) in [5.74, 6) is 0.102. The number of hydrogen-bond donors (Lipinski definition) is 1. The van der Waals surface area contributed by atoms with Gasteiger partial charge in [0.1, 0.15) is 0 Å². The Morgan fingerprint density at radius 3 is 2.62 bits per heavy atom. The third-order valence-corrected chi connectivity index (χ3v) is 3.65. The Kier molecular flexibility index (Phi) is 7.22. The van der Waals surface area contributed by atoms with Crippen LogP contribution in [0.25, 0.3) is 0 Å². The topological polar surface area (TPSA) is 32.3 Å². The molecule has 1 rings (SSSR count). The Hall–Kier alpha value is -0.100. The molecule has 92 valence electrons. The van der Waals surface area contributed by atoms with E-state index < -0.39 is 0 Å². The lowest BCUT2D eigenvalue weighted by Gasteiger charge is -2.17. The molecule has 6 heteroatoms. The van der Waals surface area contributed by atoms with Crippen LogP contribution in [0.3, 0.4) is 0 Å². The van der Waals surface area contributed by atoms with Crippen molar-refractivity contribution in [3.05, 3.63) is 20.8 Å². The average Bonchev–Trinajstić information content (AvgIpc) is 2.59. The Bertz CT molecular complexity index is 343. The summed E-state index contributed by atoms with van der Waals surface area (Å²) in [5, 5.41) is 3.19. The number of nitrogens with one attached hydrogen (secondary N) is 1. The van der Waals surface area contributed by atoms with E-state index in [1.807, 2.05) is 13.0 Å². The molecule has 0 spiro atoms. The second-order valence-corrected chi connectivity index (χ2v) is 6.09. The smallest absolute Gasteiger partial charge is 0.238 e. The lowest BCUT2D eigenvalue weighted by atomic mass is 10.3. The first-order valence-electron chi connectivity index (χ1n) is 4.69. The van der Waals surface area contributed by atoms with Gasteiger partial charge < -0.3 is 10.2 Å². The maximum atomic E-state index is 11.5. The Morgan fingerprint density at radius 1 is 1.56 bits per heavy atom. The minimum Gasteiger partial charge on any atom is -0.347 e. The number of nitrogens with zero attached hydrogens (tertiary/aromatic N) is 1. The number of carbonyl (C=O) groups excluding carboxylic acids is 1. The molecule has 16 heavy (non-hydrogen) atoms. The van der Waals surface area contributed by atoms with Gasteiger partial charge in [-0.25, -0.2) is 0 Å². The molecule has 0 aliphatic rings. The molecule has 3 nitrogen and oxygen atoms in total. The van der Waals surface area contributed by atoms with Crippen LogP contribution < -0.4 is 5.32 Å². The molecule has 0 aliphatic heterocycles. The molecule has 0 saturated carbocycles. The lowest BCUT2D eigenvalue weighted by molar-refractivity contribution is -0.130. The molecule has 0 saturated heterocycles. The fourth-order valence-electron chi connectivity index (χ4n) is 1.18. The maximum absolute atomic E-state index is 11.5. The van der Waals surface area contributed by atoms with Crippen molar-refractivity contribution in [1.29, 1.82) is 0 Å². The van der Waals surface area contributed by atoms with E-state index in [4.69, 9.17) is 0 Å². The van der Waals surface area contributed by atoms with E-state index >= 15 is 0 Å². The Balaban J connectivity index is 0.00000225. The van der Waals surface area contributed by atoms with Crippen LogP contribution >= 0.6 is 39.7 Å². The minimum atomic E-state index is -0.138. The monoisotopic (exact) mass is 326 g/mol. The largest absolute Gasteiger partial charge is 0.347 e. The maximum Gasteiger partial charge on any atom is 0.238 e. The van der Waals surface area contributed by atoms with Gasteiger partial charge in [0, 0.05) is 25.5 Å². The van der Waals surface area contributed by atoms with Gasteiger partial charge in [-0.2, -0.15) is 0 Å². The van der Waals surface area contributed by atoms with Crippen LogP contribution in [0.2, 0.25) is 0 Å². The normalized spacial score (nSPS) is 11.8.